The number of aliphatic hydroxyl groups is 1. The molecule has 0 aromatic carbocycles. The predicted molar refractivity (Wildman–Crippen MR) is 50.3 cm³/mol. The Balaban J connectivity index is 1.76. The summed E-state index contributed by atoms with van der Waals surface area (Å²) in [5.74, 6) is 1.00. The molecule has 2 heteroatoms. The number of rotatable bonds is 4. The van der Waals surface area contributed by atoms with Gasteiger partial charge in [0.1, 0.15) is 6.10 Å². The molecule has 2 rings (SSSR count). The van der Waals surface area contributed by atoms with Gasteiger partial charge in [-0.1, -0.05) is 25.7 Å². The Hall–Kier alpha value is -0.370. The summed E-state index contributed by atoms with van der Waals surface area (Å²) < 4.78 is 0. The van der Waals surface area contributed by atoms with E-state index in [1.807, 2.05) is 0 Å². The molecule has 0 radical (unpaired) electrons. The summed E-state index contributed by atoms with van der Waals surface area (Å²) in [5, 5.41) is 9.57. The maximum atomic E-state index is 11.5. The van der Waals surface area contributed by atoms with Crippen LogP contribution in [0.5, 0.6) is 0 Å². The van der Waals surface area contributed by atoms with E-state index in [2.05, 4.69) is 0 Å². The molecular weight excluding hydrogens is 164 g/mol. The largest absolute Gasteiger partial charge is 0.385 e. The monoisotopic (exact) mass is 182 g/mol. The van der Waals surface area contributed by atoms with E-state index in [0.29, 0.717) is 18.3 Å². The highest BCUT2D eigenvalue weighted by Gasteiger charge is 2.35. The predicted octanol–water partition coefficient (Wildman–Crippen LogP) is 1.91. The highest BCUT2D eigenvalue weighted by Crippen LogP contribution is 2.35. The molecule has 1 unspecified atom stereocenters. The van der Waals surface area contributed by atoms with Gasteiger partial charge in [0.05, 0.1) is 0 Å². The lowest BCUT2D eigenvalue weighted by molar-refractivity contribution is -0.129. The van der Waals surface area contributed by atoms with Crippen molar-refractivity contribution in [2.75, 3.05) is 0 Å². The molecule has 13 heavy (non-hydrogen) atoms. The van der Waals surface area contributed by atoms with E-state index in [1.165, 1.54) is 25.7 Å². The first-order chi connectivity index (χ1) is 6.27. The fraction of sp³-hybridized carbons (Fsp3) is 0.909. The van der Waals surface area contributed by atoms with Crippen LogP contribution in [0, 0.1) is 11.8 Å². The first kappa shape index (κ1) is 9.20. The molecule has 2 aliphatic carbocycles. The van der Waals surface area contributed by atoms with E-state index in [4.69, 9.17) is 0 Å². The lowest BCUT2D eigenvalue weighted by Gasteiger charge is -2.11. The number of ketones is 1. The van der Waals surface area contributed by atoms with Gasteiger partial charge in [-0.3, -0.25) is 4.79 Å². The van der Waals surface area contributed by atoms with Gasteiger partial charge in [-0.2, -0.15) is 0 Å². The van der Waals surface area contributed by atoms with Crippen molar-refractivity contribution in [3.8, 4) is 0 Å². The van der Waals surface area contributed by atoms with Crippen molar-refractivity contribution >= 4 is 5.78 Å². The van der Waals surface area contributed by atoms with Gasteiger partial charge in [0, 0.05) is 6.42 Å². The van der Waals surface area contributed by atoms with Gasteiger partial charge in [-0.05, 0) is 24.7 Å². The number of aliphatic hydroxyl groups excluding tert-OH is 1. The third kappa shape index (κ3) is 2.31. The van der Waals surface area contributed by atoms with Crippen molar-refractivity contribution in [1.29, 1.82) is 0 Å². The zero-order valence-corrected chi connectivity index (χ0v) is 8.04. The maximum Gasteiger partial charge on any atom is 0.161 e. The van der Waals surface area contributed by atoms with Crippen molar-refractivity contribution in [2.24, 2.45) is 11.8 Å². The lowest BCUT2D eigenvalue weighted by Crippen LogP contribution is -2.24. The molecule has 2 nitrogen and oxygen atoms in total. The number of Topliss-reactive ketones (excluding diaryl/α,β-unsaturated/α-hetero) is 1. The van der Waals surface area contributed by atoms with Crippen LogP contribution in [-0.2, 0) is 4.79 Å². The maximum absolute atomic E-state index is 11.5. The summed E-state index contributed by atoms with van der Waals surface area (Å²) >= 11 is 0. The summed E-state index contributed by atoms with van der Waals surface area (Å²) in [7, 11) is 0. The Bertz CT molecular complexity index is 190. The van der Waals surface area contributed by atoms with Gasteiger partial charge < -0.3 is 5.11 Å². The van der Waals surface area contributed by atoms with Crippen molar-refractivity contribution in [3.63, 3.8) is 0 Å². The summed E-state index contributed by atoms with van der Waals surface area (Å²) in [6.07, 6.45) is 7.06. The van der Waals surface area contributed by atoms with Crippen LogP contribution in [0.25, 0.3) is 0 Å². The zero-order chi connectivity index (χ0) is 9.26. The molecule has 2 fully saturated rings. The fourth-order valence-corrected chi connectivity index (χ4v) is 2.29. The Morgan fingerprint density at radius 1 is 1.23 bits per heavy atom. The standard InChI is InChI=1S/C11H18O2/c12-10(11(13)9-5-6-9)7-8-3-1-2-4-8/h8-9,11,13H,1-7H2. The third-order valence-electron chi connectivity index (χ3n) is 3.36. The van der Waals surface area contributed by atoms with E-state index in [1.54, 1.807) is 0 Å². The lowest BCUT2D eigenvalue weighted by atomic mass is 9.97. The molecular formula is C11H18O2. The van der Waals surface area contributed by atoms with Gasteiger partial charge in [0.2, 0.25) is 0 Å². The molecule has 0 bridgehead atoms. The number of carbonyl (C=O) groups excluding carboxylic acids is 1. The quantitative estimate of drug-likeness (QED) is 0.721. The van der Waals surface area contributed by atoms with E-state index in [0.717, 1.165) is 12.8 Å². The van der Waals surface area contributed by atoms with Crippen LogP contribution in [0.15, 0.2) is 0 Å². The van der Waals surface area contributed by atoms with Gasteiger partial charge in [0.15, 0.2) is 5.78 Å². The Labute approximate surface area is 79.3 Å². The van der Waals surface area contributed by atoms with E-state index < -0.39 is 6.10 Å². The molecule has 2 saturated carbocycles. The van der Waals surface area contributed by atoms with Gasteiger partial charge in [0.25, 0.3) is 0 Å². The Morgan fingerprint density at radius 2 is 1.85 bits per heavy atom. The molecule has 74 valence electrons. The van der Waals surface area contributed by atoms with E-state index >= 15 is 0 Å². The normalized spacial score (nSPS) is 26.2. The molecule has 0 aromatic heterocycles. The molecule has 0 spiro atoms. The van der Waals surface area contributed by atoms with Crippen LogP contribution < -0.4 is 0 Å². The molecule has 0 aromatic rings. The molecule has 0 amide bonds. The second-order valence-electron chi connectivity index (χ2n) is 4.60. The summed E-state index contributed by atoms with van der Waals surface area (Å²) in [5.41, 5.74) is 0. The minimum Gasteiger partial charge on any atom is -0.385 e. The average molecular weight is 182 g/mol. The van der Waals surface area contributed by atoms with Crippen molar-refractivity contribution < 1.29 is 9.90 Å². The average Bonchev–Trinajstić information content (AvgIpc) is 2.85. The molecule has 1 atom stereocenters. The molecule has 2 aliphatic rings. The molecule has 0 saturated heterocycles. The first-order valence-corrected chi connectivity index (χ1v) is 5.48. The minimum absolute atomic E-state index is 0.106. The van der Waals surface area contributed by atoms with Crippen LogP contribution in [0.3, 0.4) is 0 Å². The minimum atomic E-state index is -0.624. The topological polar surface area (TPSA) is 37.3 Å². The Kier molecular flexibility index (Phi) is 2.68. The molecule has 0 aliphatic heterocycles. The third-order valence-corrected chi connectivity index (χ3v) is 3.36. The smallest absolute Gasteiger partial charge is 0.161 e. The first-order valence-electron chi connectivity index (χ1n) is 5.48. The van der Waals surface area contributed by atoms with Crippen LogP contribution in [0.2, 0.25) is 0 Å². The highest BCUT2D eigenvalue weighted by molar-refractivity contribution is 5.83. The van der Waals surface area contributed by atoms with Crippen LogP contribution in [-0.4, -0.2) is 17.0 Å². The number of hydrogen-bond donors (Lipinski definition) is 1. The second-order valence-corrected chi connectivity index (χ2v) is 4.60. The summed E-state index contributed by atoms with van der Waals surface area (Å²) in [6, 6.07) is 0. The van der Waals surface area contributed by atoms with Gasteiger partial charge >= 0.3 is 0 Å². The fourth-order valence-electron chi connectivity index (χ4n) is 2.29. The molecule has 1 N–H and O–H groups in total. The van der Waals surface area contributed by atoms with Gasteiger partial charge in [-0.25, -0.2) is 0 Å². The number of carbonyl (C=O) groups is 1. The second kappa shape index (κ2) is 3.79. The van der Waals surface area contributed by atoms with E-state index in [9.17, 15) is 9.90 Å². The van der Waals surface area contributed by atoms with Crippen molar-refractivity contribution in [1.82, 2.24) is 0 Å². The van der Waals surface area contributed by atoms with E-state index in [-0.39, 0.29) is 5.78 Å². The van der Waals surface area contributed by atoms with Crippen LogP contribution in [0.4, 0.5) is 0 Å². The zero-order valence-electron chi connectivity index (χ0n) is 8.04. The van der Waals surface area contributed by atoms with Crippen LogP contribution in [0.1, 0.15) is 44.9 Å². The van der Waals surface area contributed by atoms with Crippen molar-refractivity contribution in [2.45, 2.75) is 51.0 Å². The summed E-state index contributed by atoms with van der Waals surface area (Å²) in [6.45, 7) is 0. The Morgan fingerprint density at radius 3 is 2.38 bits per heavy atom. The van der Waals surface area contributed by atoms with Crippen LogP contribution >= 0.6 is 0 Å². The SMILES string of the molecule is O=C(CC1CCCC1)C(O)C1CC1. The highest BCUT2D eigenvalue weighted by atomic mass is 16.3. The molecule has 0 heterocycles. The van der Waals surface area contributed by atoms with Gasteiger partial charge in [-0.15, -0.1) is 0 Å². The summed E-state index contributed by atoms with van der Waals surface area (Å²) in [4.78, 5) is 11.5. The number of hydrogen-bond acceptors (Lipinski definition) is 2. The van der Waals surface area contributed by atoms with Crippen molar-refractivity contribution in [3.05, 3.63) is 0 Å².